The van der Waals surface area contributed by atoms with Gasteiger partial charge in [0.25, 0.3) is 0 Å². The predicted octanol–water partition coefficient (Wildman–Crippen LogP) is 3.17. The van der Waals surface area contributed by atoms with E-state index in [1.54, 1.807) is 0 Å². The van der Waals surface area contributed by atoms with Crippen LogP contribution in [0.5, 0.6) is 0 Å². The highest BCUT2D eigenvalue weighted by atomic mass is 15.0. The molecule has 1 N–H and O–H groups in total. The first-order valence-electron chi connectivity index (χ1n) is 5.82. The zero-order valence-electron chi connectivity index (χ0n) is 10.2. The van der Waals surface area contributed by atoms with Crippen LogP contribution in [-0.2, 0) is 0 Å². The third-order valence-electron chi connectivity index (χ3n) is 2.84. The summed E-state index contributed by atoms with van der Waals surface area (Å²) in [6.07, 6.45) is 3.01. The summed E-state index contributed by atoms with van der Waals surface area (Å²) in [6, 6.07) is 6.97. The van der Waals surface area contributed by atoms with E-state index < -0.39 is 0 Å². The van der Waals surface area contributed by atoms with Gasteiger partial charge in [0, 0.05) is 18.3 Å². The summed E-state index contributed by atoms with van der Waals surface area (Å²) in [5, 5.41) is 3.62. The van der Waals surface area contributed by atoms with Gasteiger partial charge in [-0.15, -0.1) is 0 Å². The Labute approximate surface area is 93.1 Å². The highest BCUT2D eigenvalue weighted by molar-refractivity contribution is 5.07. The lowest BCUT2D eigenvalue weighted by atomic mass is 10.0. The van der Waals surface area contributed by atoms with Crippen molar-refractivity contribution in [3.63, 3.8) is 0 Å². The van der Waals surface area contributed by atoms with Crippen LogP contribution in [0.3, 0.4) is 0 Å². The second-order valence-electron chi connectivity index (χ2n) is 4.40. The quantitative estimate of drug-likeness (QED) is 0.800. The predicted molar refractivity (Wildman–Crippen MR) is 64.7 cm³/mol. The molecule has 2 atom stereocenters. The van der Waals surface area contributed by atoms with Crippen LogP contribution in [0.15, 0.2) is 24.4 Å². The van der Waals surface area contributed by atoms with Gasteiger partial charge in [0.1, 0.15) is 0 Å². The summed E-state index contributed by atoms with van der Waals surface area (Å²) < 4.78 is 0. The van der Waals surface area contributed by atoms with Crippen LogP contribution in [0, 0.1) is 5.92 Å². The monoisotopic (exact) mass is 206 g/mol. The van der Waals surface area contributed by atoms with Crippen LogP contribution in [-0.4, -0.2) is 11.0 Å². The smallest absolute Gasteiger partial charge is 0.0570 e. The average molecular weight is 206 g/mol. The van der Waals surface area contributed by atoms with E-state index in [4.69, 9.17) is 0 Å². The molecule has 1 heterocycles. The summed E-state index contributed by atoms with van der Waals surface area (Å²) in [4.78, 5) is 4.36. The van der Waals surface area contributed by atoms with Gasteiger partial charge in [-0.1, -0.05) is 26.8 Å². The van der Waals surface area contributed by atoms with Crippen molar-refractivity contribution in [1.82, 2.24) is 10.3 Å². The van der Waals surface area contributed by atoms with Crippen molar-refractivity contribution < 1.29 is 0 Å². The van der Waals surface area contributed by atoms with Crippen molar-refractivity contribution in [2.45, 2.75) is 46.2 Å². The lowest BCUT2D eigenvalue weighted by Crippen LogP contribution is -2.35. The molecule has 84 valence electrons. The average Bonchev–Trinajstić information content (AvgIpc) is 2.26. The third kappa shape index (κ3) is 3.63. The zero-order valence-corrected chi connectivity index (χ0v) is 10.2. The van der Waals surface area contributed by atoms with Crippen molar-refractivity contribution >= 4 is 0 Å². The van der Waals surface area contributed by atoms with Gasteiger partial charge in [0.2, 0.25) is 0 Å². The van der Waals surface area contributed by atoms with Gasteiger partial charge < -0.3 is 5.32 Å². The van der Waals surface area contributed by atoms with Gasteiger partial charge in [-0.25, -0.2) is 0 Å². The fraction of sp³-hybridized carbons (Fsp3) is 0.615. The number of pyridine rings is 1. The minimum atomic E-state index is 0.332. The molecule has 2 nitrogen and oxygen atoms in total. The molecule has 0 aliphatic carbocycles. The number of nitrogens with zero attached hydrogens (tertiary/aromatic N) is 1. The van der Waals surface area contributed by atoms with Gasteiger partial charge in [0.15, 0.2) is 0 Å². The van der Waals surface area contributed by atoms with Crippen molar-refractivity contribution in [1.29, 1.82) is 0 Å². The maximum Gasteiger partial charge on any atom is 0.0570 e. The molecule has 1 rings (SSSR count). The van der Waals surface area contributed by atoms with E-state index in [2.05, 4.69) is 44.1 Å². The second-order valence-corrected chi connectivity index (χ2v) is 4.40. The summed E-state index contributed by atoms with van der Waals surface area (Å²) in [6.45, 7) is 8.91. The fourth-order valence-electron chi connectivity index (χ4n) is 1.82. The SMILES string of the molecule is CCC(N[C@H](C)c1ccccn1)C(C)C. The Morgan fingerprint density at radius 2 is 2.00 bits per heavy atom. The molecule has 15 heavy (non-hydrogen) atoms. The van der Waals surface area contributed by atoms with E-state index in [9.17, 15) is 0 Å². The van der Waals surface area contributed by atoms with Crippen molar-refractivity contribution in [2.24, 2.45) is 5.92 Å². The topological polar surface area (TPSA) is 24.9 Å². The number of hydrogen-bond donors (Lipinski definition) is 1. The zero-order chi connectivity index (χ0) is 11.3. The Bertz CT molecular complexity index is 269. The molecule has 0 fully saturated rings. The first-order valence-corrected chi connectivity index (χ1v) is 5.82. The van der Waals surface area contributed by atoms with Crippen molar-refractivity contribution in [3.8, 4) is 0 Å². The fourth-order valence-corrected chi connectivity index (χ4v) is 1.82. The minimum absolute atomic E-state index is 0.332. The number of nitrogens with one attached hydrogen (secondary N) is 1. The molecule has 0 aliphatic heterocycles. The van der Waals surface area contributed by atoms with E-state index in [1.807, 2.05) is 18.3 Å². The van der Waals surface area contributed by atoms with E-state index >= 15 is 0 Å². The summed E-state index contributed by atoms with van der Waals surface area (Å²) in [5.74, 6) is 0.668. The molecule has 1 aromatic heterocycles. The van der Waals surface area contributed by atoms with Crippen LogP contribution in [0.2, 0.25) is 0 Å². The van der Waals surface area contributed by atoms with Crippen LogP contribution < -0.4 is 5.32 Å². The van der Waals surface area contributed by atoms with E-state index in [0.29, 0.717) is 18.0 Å². The van der Waals surface area contributed by atoms with Gasteiger partial charge in [-0.2, -0.15) is 0 Å². The van der Waals surface area contributed by atoms with Crippen LogP contribution >= 0.6 is 0 Å². The third-order valence-corrected chi connectivity index (χ3v) is 2.84. The largest absolute Gasteiger partial charge is 0.306 e. The summed E-state index contributed by atoms with van der Waals surface area (Å²) in [7, 11) is 0. The standard InChI is InChI=1S/C13H22N2/c1-5-12(10(2)3)15-11(4)13-8-6-7-9-14-13/h6-12,15H,5H2,1-4H3/t11-,12?/m1/s1. The number of hydrogen-bond acceptors (Lipinski definition) is 2. The van der Waals surface area contributed by atoms with Crippen LogP contribution in [0.1, 0.15) is 45.9 Å². The first-order chi connectivity index (χ1) is 7.15. The molecular formula is C13H22N2. The van der Waals surface area contributed by atoms with Gasteiger partial charge >= 0.3 is 0 Å². The molecule has 0 saturated heterocycles. The molecule has 0 saturated carbocycles. The Morgan fingerprint density at radius 3 is 2.47 bits per heavy atom. The van der Waals surface area contributed by atoms with Crippen LogP contribution in [0.25, 0.3) is 0 Å². The van der Waals surface area contributed by atoms with Crippen molar-refractivity contribution in [3.05, 3.63) is 30.1 Å². The Kier molecular flexibility index (Phi) is 4.76. The van der Waals surface area contributed by atoms with Crippen molar-refractivity contribution in [2.75, 3.05) is 0 Å². The number of aromatic nitrogens is 1. The Morgan fingerprint density at radius 1 is 1.27 bits per heavy atom. The number of rotatable bonds is 5. The maximum absolute atomic E-state index is 4.36. The van der Waals surface area contributed by atoms with E-state index in [1.165, 1.54) is 0 Å². The van der Waals surface area contributed by atoms with Crippen LogP contribution in [0.4, 0.5) is 0 Å². The molecule has 0 amide bonds. The molecule has 0 radical (unpaired) electrons. The molecule has 0 bridgehead atoms. The maximum atomic E-state index is 4.36. The summed E-state index contributed by atoms with van der Waals surface area (Å²) >= 11 is 0. The van der Waals surface area contributed by atoms with Gasteiger partial charge in [-0.3, -0.25) is 4.98 Å². The highest BCUT2D eigenvalue weighted by Gasteiger charge is 2.15. The lowest BCUT2D eigenvalue weighted by Gasteiger charge is -2.25. The summed E-state index contributed by atoms with van der Waals surface area (Å²) in [5.41, 5.74) is 1.12. The minimum Gasteiger partial charge on any atom is -0.306 e. The van der Waals surface area contributed by atoms with Gasteiger partial charge in [-0.05, 0) is 31.4 Å². The first kappa shape index (κ1) is 12.2. The molecule has 1 unspecified atom stereocenters. The molecule has 0 spiro atoms. The van der Waals surface area contributed by atoms with E-state index in [0.717, 1.165) is 12.1 Å². The molecule has 2 heteroatoms. The molecule has 0 aliphatic rings. The second kappa shape index (κ2) is 5.86. The molecule has 0 aromatic carbocycles. The molecule has 1 aromatic rings. The van der Waals surface area contributed by atoms with Gasteiger partial charge in [0.05, 0.1) is 5.69 Å². The highest BCUT2D eigenvalue weighted by Crippen LogP contribution is 2.13. The normalized spacial score (nSPS) is 15.3. The lowest BCUT2D eigenvalue weighted by molar-refractivity contribution is 0.353. The Hall–Kier alpha value is -0.890. The molecular weight excluding hydrogens is 184 g/mol. The Balaban J connectivity index is 2.58. The van der Waals surface area contributed by atoms with E-state index in [-0.39, 0.29) is 0 Å².